The number of hydrogen-bond acceptors (Lipinski definition) is 3. The first-order chi connectivity index (χ1) is 12.9. The third-order valence-electron chi connectivity index (χ3n) is 6.10. The summed E-state index contributed by atoms with van der Waals surface area (Å²) in [7, 11) is 0. The van der Waals surface area contributed by atoms with Crippen LogP contribution in [0.25, 0.3) is 0 Å². The van der Waals surface area contributed by atoms with Crippen LogP contribution in [0.15, 0.2) is 24.3 Å². The van der Waals surface area contributed by atoms with E-state index in [0.29, 0.717) is 0 Å². The highest BCUT2D eigenvalue weighted by Crippen LogP contribution is 2.26. The van der Waals surface area contributed by atoms with Gasteiger partial charge >= 0.3 is 0 Å². The smallest absolute Gasteiger partial charge is 0.239 e. The van der Waals surface area contributed by atoms with Crippen molar-refractivity contribution in [2.75, 3.05) is 23.3 Å². The van der Waals surface area contributed by atoms with E-state index in [1.54, 1.807) is 13.8 Å². The van der Waals surface area contributed by atoms with Crippen molar-refractivity contribution < 1.29 is 9.59 Å². The number of nitrogens with one attached hydrogen (secondary N) is 2. The van der Waals surface area contributed by atoms with Gasteiger partial charge in [0.15, 0.2) is 0 Å². The van der Waals surface area contributed by atoms with E-state index in [-0.39, 0.29) is 17.9 Å². The van der Waals surface area contributed by atoms with Crippen LogP contribution in [0.4, 0.5) is 11.4 Å². The molecule has 2 fully saturated rings. The van der Waals surface area contributed by atoms with E-state index in [9.17, 15) is 9.59 Å². The summed E-state index contributed by atoms with van der Waals surface area (Å²) in [6.45, 7) is 7.86. The zero-order chi connectivity index (χ0) is 19.4. The molecular weight excluding hydrogens is 338 g/mol. The Balaban J connectivity index is 1.57. The van der Waals surface area contributed by atoms with E-state index in [1.165, 1.54) is 18.5 Å². The maximum atomic E-state index is 12.7. The molecule has 0 unspecified atom stereocenters. The van der Waals surface area contributed by atoms with Gasteiger partial charge in [-0.2, -0.15) is 0 Å². The standard InChI is InChI=1S/C22H33N3O2/c1-16-12-14-25(15-13-16)19-10-8-18(9-11-19)24-21(27)22(2,3)20(26)23-17-6-4-5-7-17/h8-11,16-17H,4-7,12-15H2,1-3H3,(H,23,26)(H,24,27). The number of piperidine rings is 1. The summed E-state index contributed by atoms with van der Waals surface area (Å²) in [5.41, 5.74) is 0.832. The van der Waals surface area contributed by atoms with Crippen molar-refractivity contribution >= 4 is 23.2 Å². The third-order valence-corrected chi connectivity index (χ3v) is 6.10. The van der Waals surface area contributed by atoms with Crippen LogP contribution < -0.4 is 15.5 Å². The summed E-state index contributed by atoms with van der Waals surface area (Å²) >= 11 is 0. The Hall–Kier alpha value is -2.04. The Labute approximate surface area is 162 Å². The summed E-state index contributed by atoms with van der Waals surface area (Å²) in [4.78, 5) is 27.6. The highest BCUT2D eigenvalue weighted by Gasteiger charge is 2.37. The van der Waals surface area contributed by atoms with Crippen LogP contribution in [0.3, 0.4) is 0 Å². The van der Waals surface area contributed by atoms with Gasteiger partial charge in [-0.15, -0.1) is 0 Å². The summed E-state index contributed by atoms with van der Waals surface area (Å²) in [5.74, 6) is 0.348. The molecule has 2 N–H and O–H groups in total. The van der Waals surface area contributed by atoms with Crippen LogP contribution in [0, 0.1) is 11.3 Å². The number of hydrogen-bond donors (Lipinski definition) is 2. The predicted molar refractivity (Wildman–Crippen MR) is 110 cm³/mol. The maximum absolute atomic E-state index is 12.7. The molecule has 0 spiro atoms. The Morgan fingerprint density at radius 3 is 2.15 bits per heavy atom. The normalized spacial score (nSPS) is 19.1. The highest BCUT2D eigenvalue weighted by molar-refractivity contribution is 6.09. The summed E-state index contributed by atoms with van der Waals surface area (Å²) < 4.78 is 0. The molecule has 27 heavy (non-hydrogen) atoms. The van der Waals surface area contributed by atoms with Gasteiger partial charge in [0.25, 0.3) is 0 Å². The topological polar surface area (TPSA) is 61.4 Å². The van der Waals surface area contributed by atoms with E-state index < -0.39 is 5.41 Å². The minimum Gasteiger partial charge on any atom is -0.372 e. The van der Waals surface area contributed by atoms with Crippen LogP contribution in [0.2, 0.25) is 0 Å². The van der Waals surface area contributed by atoms with Gasteiger partial charge in [-0.3, -0.25) is 9.59 Å². The molecule has 2 aliphatic rings. The second-order valence-electron chi connectivity index (χ2n) is 8.75. The van der Waals surface area contributed by atoms with Gasteiger partial charge in [-0.05, 0) is 69.7 Å². The Kier molecular flexibility index (Phi) is 6.08. The van der Waals surface area contributed by atoms with E-state index >= 15 is 0 Å². The second kappa shape index (κ2) is 8.32. The molecule has 0 bridgehead atoms. The van der Waals surface area contributed by atoms with E-state index in [0.717, 1.165) is 50.4 Å². The molecule has 1 aliphatic carbocycles. The molecule has 3 rings (SSSR count). The summed E-state index contributed by atoms with van der Waals surface area (Å²) in [6, 6.07) is 8.18. The fourth-order valence-corrected chi connectivity index (χ4v) is 3.85. The number of anilines is 2. The number of carbonyl (C=O) groups excluding carboxylic acids is 2. The van der Waals surface area contributed by atoms with Gasteiger partial charge in [0.05, 0.1) is 0 Å². The van der Waals surface area contributed by atoms with Gasteiger partial charge in [0.2, 0.25) is 11.8 Å². The lowest BCUT2D eigenvalue weighted by atomic mass is 9.90. The average Bonchev–Trinajstić information content (AvgIpc) is 3.16. The molecule has 5 nitrogen and oxygen atoms in total. The van der Waals surface area contributed by atoms with Crippen LogP contribution in [0.5, 0.6) is 0 Å². The lowest BCUT2D eigenvalue weighted by molar-refractivity contribution is -0.138. The first kappa shape index (κ1) is 19.7. The van der Waals surface area contributed by atoms with Crippen LogP contribution in [-0.4, -0.2) is 30.9 Å². The number of amides is 2. The molecule has 148 valence electrons. The Morgan fingerprint density at radius 2 is 1.56 bits per heavy atom. The maximum Gasteiger partial charge on any atom is 0.239 e. The van der Waals surface area contributed by atoms with Crippen LogP contribution in [0.1, 0.15) is 59.3 Å². The van der Waals surface area contributed by atoms with Crippen molar-refractivity contribution in [2.24, 2.45) is 11.3 Å². The molecule has 1 aromatic rings. The fourth-order valence-electron chi connectivity index (χ4n) is 3.85. The number of benzene rings is 1. The van der Waals surface area contributed by atoms with Crippen molar-refractivity contribution in [3.05, 3.63) is 24.3 Å². The van der Waals surface area contributed by atoms with Gasteiger partial charge in [0, 0.05) is 30.5 Å². The van der Waals surface area contributed by atoms with E-state index in [4.69, 9.17) is 0 Å². The van der Waals surface area contributed by atoms with Gasteiger partial charge in [0.1, 0.15) is 5.41 Å². The minimum atomic E-state index is -1.09. The monoisotopic (exact) mass is 371 g/mol. The second-order valence-corrected chi connectivity index (χ2v) is 8.75. The van der Waals surface area contributed by atoms with Crippen LogP contribution in [-0.2, 0) is 9.59 Å². The molecule has 1 aromatic carbocycles. The molecule has 5 heteroatoms. The Morgan fingerprint density at radius 1 is 0.963 bits per heavy atom. The van der Waals surface area contributed by atoms with Gasteiger partial charge in [-0.1, -0.05) is 19.8 Å². The first-order valence-electron chi connectivity index (χ1n) is 10.3. The largest absolute Gasteiger partial charge is 0.372 e. The molecule has 1 heterocycles. The number of carbonyl (C=O) groups is 2. The fraction of sp³-hybridized carbons (Fsp3) is 0.636. The minimum absolute atomic E-state index is 0.189. The number of rotatable bonds is 5. The van der Waals surface area contributed by atoms with E-state index in [2.05, 4.69) is 34.6 Å². The van der Waals surface area contributed by atoms with Crippen molar-refractivity contribution in [2.45, 2.75) is 65.3 Å². The lowest BCUT2D eigenvalue weighted by Crippen LogP contribution is -2.47. The van der Waals surface area contributed by atoms with Crippen molar-refractivity contribution in [1.82, 2.24) is 5.32 Å². The zero-order valence-electron chi connectivity index (χ0n) is 16.9. The number of nitrogens with zero attached hydrogens (tertiary/aromatic N) is 1. The first-order valence-corrected chi connectivity index (χ1v) is 10.3. The molecule has 0 aromatic heterocycles. The zero-order valence-corrected chi connectivity index (χ0v) is 16.9. The molecule has 0 radical (unpaired) electrons. The molecule has 1 saturated carbocycles. The molecule has 2 amide bonds. The quantitative estimate of drug-likeness (QED) is 0.771. The summed E-state index contributed by atoms with van der Waals surface area (Å²) in [5, 5.41) is 5.94. The van der Waals surface area contributed by atoms with Gasteiger partial charge in [-0.25, -0.2) is 0 Å². The van der Waals surface area contributed by atoms with Crippen LogP contribution >= 0.6 is 0 Å². The van der Waals surface area contributed by atoms with Crippen molar-refractivity contribution in [1.29, 1.82) is 0 Å². The third kappa shape index (κ3) is 4.82. The van der Waals surface area contributed by atoms with Crippen molar-refractivity contribution in [3.8, 4) is 0 Å². The molecule has 1 saturated heterocycles. The Bertz CT molecular complexity index is 655. The SMILES string of the molecule is CC1CCN(c2ccc(NC(=O)C(C)(C)C(=O)NC3CCCC3)cc2)CC1. The lowest BCUT2D eigenvalue weighted by Gasteiger charge is -2.32. The molecular formula is C22H33N3O2. The van der Waals surface area contributed by atoms with E-state index in [1.807, 2.05) is 12.1 Å². The highest BCUT2D eigenvalue weighted by atomic mass is 16.2. The summed E-state index contributed by atoms with van der Waals surface area (Å²) in [6.07, 6.45) is 6.78. The molecule has 0 atom stereocenters. The average molecular weight is 372 g/mol. The molecule has 1 aliphatic heterocycles. The van der Waals surface area contributed by atoms with Crippen molar-refractivity contribution in [3.63, 3.8) is 0 Å². The van der Waals surface area contributed by atoms with Gasteiger partial charge < -0.3 is 15.5 Å². The predicted octanol–water partition coefficient (Wildman–Crippen LogP) is 3.95.